The van der Waals surface area contributed by atoms with Gasteiger partial charge in [0, 0.05) is 14.1 Å². The molecule has 4 nitrogen and oxygen atoms in total. The smallest absolute Gasteiger partial charge is 0.170 e. The van der Waals surface area contributed by atoms with Crippen molar-refractivity contribution in [3.8, 4) is 0 Å². The second-order valence-corrected chi connectivity index (χ2v) is 3.80. The van der Waals surface area contributed by atoms with E-state index in [0.717, 1.165) is 11.4 Å². The molecule has 1 heterocycles. The Morgan fingerprint density at radius 3 is 2.81 bits per heavy atom. The molecule has 0 bridgehead atoms. The lowest BCUT2D eigenvalue weighted by molar-refractivity contribution is 0.614. The summed E-state index contributed by atoms with van der Waals surface area (Å²) >= 11 is 0. The zero-order valence-corrected chi connectivity index (χ0v) is 9.26. The van der Waals surface area contributed by atoms with Gasteiger partial charge in [0.2, 0.25) is 0 Å². The molecular weight excluding hydrogens is 207 g/mol. The van der Waals surface area contributed by atoms with Crippen LogP contribution in [-0.4, -0.2) is 29.1 Å². The van der Waals surface area contributed by atoms with Crippen LogP contribution in [0.25, 0.3) is 0 Å². The lowest BCUT2D eigenvalue weighted by atomic mass is 10.2. The van der Waals surface area contributed by atoms with Gasteiger partial charge < -0.3 is 4.90 Å². The fraction of sp³-hybridized carbons (Fsp3) is 0.273. The molecule has 0 unspecified atom stereocenters. The molecular formula is C11H13FN4. The quantitative estimate of drug-likeness (QED) is 0.786. The molecule has 0 saturated heterocycles. The maximum absolute atomic E-state index is 12.9. The highest BCUT2D eigenvalue weighted by molar-refractivity contribution is 5.31. The van der Waals surface area contributed by atoms with Gasteiger partial charge in [0.25, 0.3) is 0 Å². The summed E-state index contributed by atoms with van der Waals surface area (Å²) < 4.78 is 14.6. The van der Waals surface area contributed by atoms with Crippen LogP contribution in [0, 0.1) is 5.82 Å². The molecule has 5 heteroatoms. The number of benzene rings is 1. The van der Waals surface area contributed by atoms with Gasteiger partial charge in [-0.05, 0) is 17.7 Å². The van der Waals surface area contributed by atoms with Crippen molar-refractivity contribution in [1.82, 2.24) is 15.0 Å². The van der Waals surface area contributed by atoms with Gasteiger partial charge in [-0.2, -0.15) is 0 Å². The van der Waals surface area contributed by atoms with E-state index in [-0.39, 0.29) is 5.82 Å². The van der Waals surface area contributed by atoms with E-state index in [0.29, 0.717) is 6.54 Å². The van der Waals surface area contributed by atoms with Gasteiger partial charge >= 0.3 is 0 Å². The standard InChI is InChI=1S/C11H13FN4/c1-15(2)11-8-16(14-13-11)7-9-4-3-5-10(12)6-9/h3-6,8H,7H2,1-2H3. The van der Waals surface area contributed by atoms with E-state index in [9.17, 15) is 4.39 Å². The van der Waals surface area contributed by atoms with Crippen molar-refractivity contribution in [2.24, 2.45) is 0 Å². The number of hydrogen-bond acceptors (Lipinski definition) is 3. The van der Waals surface area contributed by atoms with E-state index in [4.69, 9.17) is 0 Å². The highest BCUT2D eigenvalue weighted by atomic mass is 19.1. The summed E-state index contributed by atoms with van der Waals surface area (Å²) in [6.07, 6.45) is 1.82. The first-order valence-electron chi connectivity index (χ1n) is 4.97. The normalized spacial score (nSPS) is 10.4. The second kappa shape index (κ2) is 4.30. The Morgan fingerprint density at radius 2 is 2.19 bits per heavy atom. The number of aromatic nitrogens is 3. The molecule has 0 aliphatic rings. The molecule has 0 amide bonds. The van der Waals surface area contributed by atoms with Crippen molar-refractivity contribution >= 4 is 5.82 Å². The second-order valence-electron chi connectivity index (χ2n) is 3.80. The van der Waals surface area contributed by atoms with Crippen LogP contribution in [0.4, 0.5) is 10.2 Å². The summed E-state index contributed by atoms with van der Waals surface area (Å²) in [6, 6.07) is 6.47. The van der Waals surface area contributed by atoms with Crippen LogP contribution in [0.1, 0.15) is 5.56 Å². The Bertz CT molecular complexity index is 478. The number of rotatable bonds is 3. The van der Waals surface area contributed by atoms with E-state index in [1.165, 1.54) is 12.1 Å². The maximum Gasteiger partial charge on any atom is 0.170 e. The largest absolute Gasteiger partial charge is 0.360 e. The van der Waals surface area contributed by atoms with E-state index in [1.54, 1.807) is 10.7 Å². The molecule has 0 atom stereocenters. The molecule has 2 aromatic rings. The molecule has 1 aromatic carbocycles. The van der Waals surface area contributed by atoms with Crippen LogP contribution in [0.5, 0.6) is 0 Å². The topological polar surface area (TPSA) is 34.0 Å². The minimum absolute atomic E-state index is 0.231. The van der Waals surface area contributed by atoms with Crippen LogP contribution in [0.15, 0.2) is 30.5 Å². The Morgan fingerprint density at radius 1 is 1.38 bits per heavy atom. The number of halogens is 1. The lowest BCUT2D eigenvalue weighted by Gasteiger charge is -2.05. The third-order valence-corrected chi connectivity index (χ3v) is 2.22. The summed E-state index contributed by atoms with van der Waals surface area (Å²) in [5.74, 6) is 0.557. The van der Waals surface area contributed by atoms with Gasteiger partial charge in [0.15, 0.2) is 5.82 Å². The van der Waals surface area contributed by atoms with Crippen molar-refractivity contribution in [2.45, 2.75) is 6.54 Å². The third kappa shape index (κ3) is 2.36. The molecule has 2 rings (SSSR count). The van der Waals surface area contributed by atoms with E-state index in [1.807, 2.05) is 31.3 Å². The van der Waals surface area contributed by atoms with Gasteiger partial charge in [0.05, 0.1) is 12.7 Å². The van der Waals surface area contributed by atoms with Crippen molar-refractivity contribution in [1.29, 1.82) is 0 Å². The Kier molecular flexibility index (Phi) is 2.85. The molecule has 0 radical (unpaired) electrons. The molecule has 0 N–H and O–H groups in total. The molecule has 0 fully saturated rings. The van der Waals surface area contributed by atoms with Crippen LogP contribution >= 0.6 is 0 Å². The SMILES string of the molecule is CN(C)c1cn(Cc2cccc(F)c2)nn1. The lowest BCUT2D eigenvalue weighted by Crippen LogP contribution is -2.08. The van der Waals surface area contributed by atoms with Crippen LogP contribution in [0.2, 0.25) is 0 Å². The van der Waals surface area contributed by atoms with Crippen molar-refractivity contribution in [3.63, 3.8) is 0 Å². The summed E-state index contributed by atoms with van der Waals surface area (Å²) in [7, 11) is 3.80. The van der Waals surface area contributed by atoms with Crippen LogP contribution in [0.3, 0.4) is 0 Å². The van der Waals surface area contributed by atoms with Crippen molar-refractivity contribution in [3.05, 3.63) is 41.8 Å². The first-order chi connectivity index (χ1) is 7.65. The Balaban J connectivity index is 2.14. The maximum atomic E-state index is 12.9. The van der Waals surface area contributed by atoms with Gasteiger partial charge in [-0.1, -0.05) is 17.3 Å². The summed E-state index contributed by atoms with van der Waals surface area (Å²) in [6.45, 7) is 0.526. The Hall–Kier alpha value is -1.91. The van der Waals surface area contributed by atoms with Gasteiger partial charge in [-0.25, -0.2) is 9.07 Å². The number of hydrogen-bond donors (Lipinski definition) is 0. The molecule has 0 aliphatic heterocycles. The van der Waals surface area contributed by atoms with Crippen molar-refractivity contribution < 1.29 is 4.39 Å². The summed E-state index contributed by atoms with van der Waals surface area (Å²) in [5, 5.41) is 7.94. The molecule has 16 heavy (non-hydrogen) atoms. The minimum atomic E-state index is -0.231. The third-order valence-electron chi connectivity index (χ3n) is 2.22. The van der Waals surface area contributed by atoms with E-state index < -0.39 is 0 Å². The van der Waals surface area contributed by atoms with Crippen LogP contribution in [-0.2, 0) is 6.54 Å². The van der Waals surface area contributed by atoms with E-state index >= 15 is 0 Å². The average molecular weight is 220 g/mol. The zero-order chi connectivity index (χ0) is 11.5. The highest BCUT2D eigenvalue weighted by Gasteiger charge is 2.03. The average Bonchev–Trinajstić information content (AvgIpc) is 2.66. The van der Waals surface area contributed by atoms with Crippen molar-refractivity contribution in [2.75, 3.05) is 19.0 Å². The summed E-state index contributed by atoms with van der Waals surface area (Å²) in [5.41, 5.74) is 0.871. The number of nitrogens with zero attached hydrogens (tertiary/aromatic N) is 4. The predicted octanol–water partition coefficient (Wildman–Crippen LogP) is 1.53. The minimum Gasteiger partial charge on any atom is -0.360 e. The fourth-order valence-electron chi connectivity index (χ4n) is 1.39. The highest BCUT2D eigenvalue weighted by Crippen LogP contribution is 2.08. The molecule has 0 saturated carbocycles. The fourth-order valence-corrected chi connectivity index (χ4v) is 1.39. The van der Waals surface area contributed by atoms with Gasteiger partial charge in [-0.3, -0.25) is 0 Å². The number of anilines is 1. The molecule has 1 aromatic heterocycles. The zero-order valence-electron chi connectivity index (χ0n) is 9.26. The first kappa shape index (κ1) is 10.6. The first-order valence-corrected chi connectivity index (χ1v) is 4.97. The molecule has 0 aliphatic carbocycles. The van der Waals surface area contributed by atoms with Gasteiger partial charge in [-0.15, -0.1) is 5.10 Å². The van der Waals surface area contributed by atoms with Gasteiger partial charge in [0.1, 0.15) is 5.82 Å². The molecule has 84 valence electrons. The molecule has 0 spiro atoms. The Labute approximate surface area is 93.3 Å². The monoisotopic (exact) mass is 220 g/mol. The van der Waals surface area contributed by atoms with E-state index in [2.05, 4.69) is 10.3 Å². The summed E-state index contributed by atoms with van der Waals surface area (Å²) in [4.78, 5) is 1.87. The predicted molar refractivity (Wildman–Crippen MR) is 59.9 cm³/mol. The van der Waals surface area contributed by atoms with Crippen LogP contribution < -0.4 is 4.90 Å².